The van der Waals surface area contributed by atoms with Crippen LogP contribution >= 0.6 is 0 Å². The predicted octanol–water partition coefficient (Wildman–Crippen LogP) is 1.60. The maximum atomic E-state index is 12.0. The average Bonchev–Trinajstić information content (AvgIpc) is 2.47. The Labute approximate surface area is 130 Å². The van der Waals surface area contributed by atoms with E-state index in [1.807, 2.05) is 0 Å². The summed E-state index contributed by atoms with van der Waals surface area (Å²) >= 11 is 0. The van der Waals surface area contributed by atoms with E-state index in [-0.39, 0.29) is 11.3 Å². The van der Waals surface area contributed by atoms with Crippen LogP contribution in [0.5, 0.6) is 0 Å². The van der Waals surface area contributed by atoms with Gasteiger partial charge < -0.3 is 10.4 Å². The van der Waals surface area contributed by atoms with Gasteiger partial charge in [-0.25, -0.2) is 14.9 Å². The van der Waals surface area contributed by atoms with E-state index in [0.717, 1.165) is 6.07 Å². The van der Waals surface area contributed by atoms with Crippen LogP contribution in [0.25, 0.3) is 0 Å². The van der Waals surface area contributed by atoms with E-state index in [9.17, 15) is 23.3 Å². The van der Waals surface area contributed by atoms with Gasteiger partial charge in [-0.05, 0) is 35.2 Å². The van der Waals surface area contributed by atoms with E-state index in [0.29, 0.717) is 5.69 Å². The largest absolute Gasteiger partial charge is 0.478 e. The Morgan fingerprint density at radius 1 is 1.13 bits per heavy atom. The molecule has 10 heteroatoms. The third-order valence-corrected chi connectivity index (χ3v) is 4.07. The molecule has 0 amide bonds. The van der Waals surface area contributed by atoms with Crippen LogP contribution in [0, 0.1) is 10.1 Å². The molecule has 0 heterocycles. The Balaban J connectivity index is 2.53. The van der Waals surface area contributed by atoms with Gasteiger partial charge >= 0.3 is 16.0 Å². The number of hydrogen-bond donors (Lipinski definition) is 3. The number of aromatic carboxylic acids is 1. The van der Waals surface area contributed by atoms with Gasteiger partial charge in [-0.3, -0.25) is 0 Å². The van der Waals surface area contributed by atoms with Crippen LogP contribution in [0.15, 0.2) is 53.4 Å². The molecule has 0 saturated carbocycles. The molecule has 3 N–H and O–H groups in total. The van der Waals surface area contributed by atoms with Gasteiger partial charge in [0.1, 0.15) is 4.90 Å². The van der Waals surface area contributed by atoms with Gasteiger partial charge in [-0.15, -0.1) is 0 Å². The summed E-state index contributed by atoms with van der Waals surface area (Å²) in [6.07, 6.45) is 0. The van der Waals surface area contributed by atoms with Crippen LogP contribution in [0.3, 0.4) is 0 Å². The van der Waals surface area contributed by atoms with E-state index < -0.39 is 25.9 Å². The Morgan fingerprint density at radius 3 is 2.35 bits per heavy atom. The number of rotatable bonds is 6. The second-order valence-electron chi connectivity index (χ2n) is 4.36. The summed E-state index contributed by atoms with van der Waals surface area (Å²) in [6.45, 7) is 0. The van der Waals surface area contributed by atoms with E-state index in [1.54, 1.807) is 30.3 Å². The number of para-hydroxylation sites is 1. The summed E-state index contributed by atoms with van der Waals surface area (Å²) in [7, 11) is -4.54. The highest BCUT2D eigenvalue weighted by Crippen LogP contribution is 2.26. The van der Waals surface area contributed by atoms with Crippen LogP contribution in [-0.2, 0) is 10.0 Å². The van der Waals surface area contributed by atoms with Crippen molar-refractivity contribution in [1.82, 2.24) is 4.83 Å². The standard InChI is InChI=1S/C13H11N3O6S/c17-13(18)9-6-7-11(14-10-4-2-1-3-5-10)12(8-9)23(21,22)15-16(19)20/h1-8,14-15H,(H,17,18). The number of hydrogen-bond acceptors (Lipinski definition) is 6. The molecular weight excluding hydrogens is 326 g/mol. The highest BCUT2D eigenvalue weighted by Gasteiger charge is 2.25. The van der Waals surface area contributed by atoms with Crippen LogP contribution in [-0.4, -0.2) is 24.5 Å². The zero-order valence-corrected chi connectivity index (χ0v) is 12.3. The monoisotopic (exact) mass is 337 g/mol. The molecule has 0 fully saturated rings. The lowest BCUT2D eigenvalue weighted by atomic mass is 10.2. The van der Waals surface area contributed by atoms with Crippen LogP contribution in [0.4, 0.5) is 11.4 Å². The van der Waals surface area contributed by atoms with Gasteiger partial charge in [0.25, 0.3) is 0 Å². The normalized spacial score (nSPS) is 10.8. The molecule has 0 spiro atoms. The predicted molar refractivity (Wildman–Crippen MR) is 80.4 cm³/mol. The summed E-state index contributed by atoms with van der Waals surface area (Å²) < 4.78 is 24.1. The van der Waals surface area contributed by atoms with E-state index in [1.165, 1.54) is 17.0 Å². The third kappa shape index (κ3) is 3.95. The molecule has 2 aromatic carbocycles. The minimum absolute atomic E-state index is 0.00977. The Bertz CT molecular complexity index is 851. The number of nitro groups is 1. The molecule has 0 unspecified atom stereocenters. The quantitative estimate of drug-likeness (QED) is 0.537. The Kier molecular flexibility index (Phi) is 4.46. The molecular formula is C13H11N3O6S. The Hall–Kier alpha value is -3.14. The molecule has 2 aromatic rings. The minimum atomic E-state index is -4.54. The first-order valence-electron chi connectivity index (χ1n) is 6.16. The van der Waals surface area contributed by atoms with Crippen molar-refractivity contribution in [1.29, 1.82) is 0 Å². The summed E-state index contributed by atoms with van der Waals surface area (Å²) in [5.41, 5.74) is 0.232. The van der Waals surface area contributed by atoms with Gasteiger partial charge in [-0.2, -0.15) is 8.42 Å². The van der Waals surface area contributed by atoms with Crippen LogP contribution in [0.1, 0.15) is 10.4 Å². The molecule has 0 radical (unpaired) electrons. The Morgan fingerprint density at radius 2 is 1.78 bits per heavy atom. The maximum absolute atomic E-state index is 12.0. The zero-order chi connectivity index (χ0) is 17.0. The number of carboxylic acid groups (broad SMARTS) is 1. The number of hydrazine groups is 1. The molecule has 0 aliphatic rings. The summed E-state index contributed by atoms with van der Waals surface area (Å²) in [6, 6.07) is 11.7. The second-order valence-corrected chi connectivity index (χ2v) is 5.99. The molecule has 0 saturated heterocycles. The summed E-state index contributed by atoms with van der Waals surface area (Å²) in [5.74, 6) is -1.35. The summed E-state index contributed by atoms with van der Waals surface area (Å²) in [4.78, 5) is 22.1. The molecule has 0 bridgehead atoms. The molecule has 0 atom stereocenters. The van der Waals surface area contributed by atoms with Gasteiger partial charge in [0.05, 0.1) is 11.3 Å². The van der Waals surface area contributed by atoms with Crippen molar-refractivity contribution in [2.75, 3.05) is 5.32 Å². The third-order valence-electron chi connectivity index (χ3n) is 2.77. The van der Waals surface area contributed by atoms with Crippen molar-refractivity contribution in [3.05, 3.63) is 64.2 Å². The first-order chi connectivity index (χ1) is 10.8. The average molecular weight is 337 g/mol. The highest BCUT2D eigenvalue weighted by molar-refractivity contribution is 7.89. The minimum Gasteiger partial charge on any atom is -0.478 e. The van der Waals surface area contributed by atoms with E-state index in [2.05, 4.69) is 5.32 Å². The second kappa shape index (κ2) is 6.32. The van der Waals surface area contributed by atoms with Crippen LogP contribution in [0.2, 0.25) is 0 Å². The van der Waals surface area contributed by atoms with Crippen molar-refractivity contribution in [3.8, 4) is 0 Å². The fraction of sp³-hybridized carbons (Fsp3) is 0. The number of benzene rings is 2. The topological polar surface area (TPSA) is 139 Å². The number of carbonyl (C=O) groups is 1. The molecule has 23 heavy (non-hydrogen) atoms. The van der Waals surface area contributed by atoms with Gasteiger partial charge in [0, 0.05) is 5.69 Å². The maximum Gasteiger partial charge on any atom is 0.335 e. The fourth-order valence-corrected chi connectivity index (χ4v) is 2.79. The molecule has 0 aliphatic heterocycles. The van der Waals surface area contributed by atoms with Gasteiger partial charge in [0.15, 0.2) is 5.03 Å². The van der Waals surface area contributed by atoms with E-state index >= 15 is 0 Å². The molecule has 0 aromatic heterocycles. The first-order valence-corrected chi connectivity index (χ1v) is 7.64. The SMILES string of the molecule is O=C(O)c1ccc(Nc2ccccc2)c(S(=O)(=O)N[N+](=O)[O-])c1. The highest BCUT2D eigenvalue weighted by atomic mass is 32.2. The number of nitrogens with zero attached hydrogens (tertiary/aromatic N) is 1. The number of nitrogens with one attached hydrogen (secondary N) is 2. The number of carboxylic acids is 1. The van der Waals surface area contributed by atoms with Gasteiger partial charge in [0.2, 0.25) is 0 Å². The van der Waals surface area contributed by atoms with Crippen molar-refractivity contribution in [3.63, 3.8) is 0 Å². The van der Waals surface area contributed by atoms with E-state index in [4.69, 9.17) is 5.11 Å². The molecule has 0 aliphatic carbocycles. The first kappa shape index (κ1) is 16.2. The fourth-order valence-electron chi connectivity index (χ4n) is 1.81. The van der Waals surface area contributed by atoms with Crippen molar-refractivity contribution >= 4 is 27.4 Å². The van der Waals surface area contributed by atoms with Crippen LogP contribution < -0.4 is 10.1 Å². The van der Waals surface area contributed by atoms with Gasteiger partial charge in [-0.1, -0.05) is 18.2 Å². The van der Waals surface area contributed by atoms with Crippen molar-refractivity contribution in [2.24, 2.45) is 0 Å². The number of sulfonamides is 1. The molecule has 2 rings (SSSR count). The lowest BCUT2D eigenvalue weighted by Crippen LogP contribution is -2.30. The molecule has 120 valence electrons. The van der Waals surface area contributed by atoms with Crippen molar-refractivity contribution < 1.29 is 23.4 Å². The number of anilines is 2. The lowest BCUT2D eigenvalue weighted by Gasteiger charge is -2.12. The summed E-state index contributed by atoms with van der Waals surface area (Å²) in [5, 5.41) is 21.0. The lowest BCUT2D eigenvalue weighted by molar-refractivity contribution is -0.518. The van der Waals surface area contributed by atoms with Crippen molar-refractivity contribution in [2.45, 2.75) is 4.90 Å². The smallest absolute Gasteiger partial charge is 0.335 e. The molecule has 9 nitrogen and oxygen atoms in total. The zero-order valence-electron chi connectivity index (χ0n) is 11.5.